The van der Waals surface area contributed by atoms with Gasteiger partial charge in [-0.25, -0.2) is 18.0 Å². The number of sulfone groups is 1. The molecule has 0 unspecified atom stereocenters. The summed E-state index contributed by atoms with van der Waals surface area (Å²) in [6.07, 6.45) is -0.333. The molecular weight excluding hydrogens is 590 g/mol. The molecule has 0 spiro atoms. The molecule has 0 saturated carbocycles. The van der Waals surface area contributed by atoms with Crippen molar-refractivity contribution < 1.29 is 57.8 Å². The van der Waals surface area contributed by atoms with Crippen molar-refractivity contribution in [3.63, 3.8) is 0 Å². The molecule has 0 aliphatic heterocycles. The summed E-state index contributed by atoms with van der Waals surface area (Å²) in [6, 6.07) is 18.1. The maximum atomic E-state index is 12.9. The fourth-order valence-electron chi connectivity index (χ4n) is 3.69. The second kappa shape index (κ2) is 14.1. The highest BCUT2D eigenvalue weighted by Gasteiger charge is 2.36. The zero-order valence-electron chi connectivity index (χ0n) is 22.4. The molecule has 0 aliphatic rings. The number of nitrogens with zero attached hydrogens (tertiary/aromatic N) is 2. The molecule has 0 bridgehead atoms. The number of aliphatic carboxylic acids is 2. The molecule has 0 radical (unpaired) electrons. The number of aliphatic hydroxyl groups excluding tert-OH is 1. The number of benzene rings is 3. The van der Waals surface area contributed by atoms with Crippen LogP contribution in [0.5, 0.6) is 23.1 Å². The van der Waals surface area contributed by atoms with Crippen molar-refractivity contribution in [2.45, 2.75) is 35.4 Å². The van der Waals surface area contributed by atoms with Crippen molar-refractivity contribution >= 4 is 21.8 Å². The molecule has 4 rings (SSSR count). The number of aromatic nitrogens is 2. The lowest BCUT2D eigenvalue weighted by molar-refractivity contribution is -0.832. The van der Waals surface area contributed by atoms with Crippen LogP contribution in [0.3, 0.4) is 0 Å². The number of hydrogen-bond donors (Lipinski definition) is 6. The number of carboxylic acid groups (broad SMARTS) is 2. The first kappa shape index (κ1) is 32.3. The monoisotopic (exact) mass is 617 g/mol. The van der Waals surface area contributed by atoms with E-state index in [4.69, 9.17) is 24.5 Å². The van der Waals surface area contributed by atoms with E-state index < -0.39 is 38.8 Å². The van der Waals surface area contributed by atoms with Gasteiger partial charge >= 0.3 is 22.8 Å². The molecule has 228 valence electrons. The summed E-state index contributed by atoms with van der Waals surface area (Å²) in [5, 5.41) is 62.2. The smallest absolute Gasteiger partial charge is 0.420 e. The summed E-state index contributed by atoms with van der Waals surface area (Å²) in [4.78, 5) is 17.9. The fourth-order valence-corrected chi connectivity index (χ4v) is 4.96. The Morgan fingerprint density at radius 2 is 1.58 bits per heavy atom. The number of nitrogens with one attached hydrogen (secondary N) is 1. The highest BCUT2D eigenvalue weighted by molar-refractivity contribution is 7.91. The number of ether oxygens (including phenoxy) is 1. The van der Waals surface area contributed by atoms with Crippen molar-refractivity contribution in [1.29, 1.82) is 0 Å². The number of rotatable bonds is 10. The van der Waals surface area contributed by atoms with Gasteiger partial charge in [0.05, 0.1) is 16.2 Å². The minimum Gasteiger partial charge on any atom is -0.508 e. The predicted octanol–water partition coefficient (Wildman–Crippen LogP) is 1.75. The quantitative estimate of drug-likeness (QED) is 0.110. The Kier molecular flexibility index (Phi) is 10.6. The SMILES string of the molecule is C[C@@H](Cc1ccc(Oc2no[n+]([O-])c2S(=O)(=O)c2ccccc2)cc1)NC[C@H](O)c1cc(O)cc(O)c1.O=C(O)C(=O)O. The summed E-state index contributed by atoms with van der Waals surface area (Å²) in [5.41, 5.74) is 1.31. The highest BCUT2D eigenvalue weighted by atomic mass is 32.2. The first-order valence-corrected chi connectivity index (χ1v) is 13.8. The van der Waals surface area contributed by atoms with Gasteiger partial charge in [0.25, 0.3) is 9.84 Å². The van der Waals surface area contributed by atoms with E-state index in [1.807, 2.05) is 6.92 Å². The number of aliphatic hydroxyl groups is 1. The van der Waals surface area contributed by atoms with Gasteiger partial charge in [-0.2, -0.15) is 0 Å². The van der Waals surface area contributed by atoms with Crippen LogP contribution in [0.2, 0.25) is 0 Å². The first-order chi connectivity index (χ1) is 20.3. The van der Waals surface area contributed by atoms with Crippen LogP contribution in [0.1, 0.15) is 24.2 Å². The number of carbonyl (C=O) groups is 2. The van der Waals surface area contributed by atoms with Gasteiger partial charge < -0.3 is 40.8 Å². The van der Waals surface area contributed by atoms with E-state index >= 15 is 0 Å². The van der Waals surface area contributed by atoms with E-state index in [0.29, 0.717) is 12.0 Å². The number of carboxylic acids is 2. The Bertz CT molecular complexity index is 1630. The van der Waals surface area contributed by atoms with E-state index in [1.54, 1.807) is 30.3 Å². The third kappa shape index (κ3) is 8.90. The van der Waals surface area contributed by atoms with Crippen molar-refractivity contribution in [2.75, 3.05) is 6.54 Å². The number of phenols is 2. The minimum atomic E-state index is -4.23. The van der Waals surface area contributed by atoms with Gasteiger partial charge in [0, 0.05) is 18.7 Å². The molecule has 43 heavy (non-hydrogen) atoms. The molecule has 0 fully saturated rings. The highest BCUT2D eigenvalue weighted by Crippen LogP contribution is 2.29. The molecule has 15 nitrogen and oxygen atoms in total. The van der Waals surface area contributed by atoms with E-state index in [0.717, 1.165) is 5.56 Å². The lowest BCUT2D eigenvalue weighted by atomic mass is 10.1. The van der Waals surface area contributed by atoms with E-state index in [2.05, 4.69) is 15.1 Å². The average molecular weight is 618 g/mol. The maximum Gasteiger partial charge on any atom is 0.420 e. The van der Waals surface area contributed by atoms with Crippen LogP contribution in [0, 0.1) is 5.21 Å². The van der Waals surface area contributed by atoms with Gasteiger partial charge in [-0.05, 0) is 65.8 Å². The average Bonchev–Trinajstić information content (AvgIpc) is 3.33. The van der Waals surface area contributed by atoms with Crippen molar-refractivity contribution in [2.24, 2.45) is 0 Å². The zero-order valence-corrected chi connectivity index (χ0v) is 23.2. The summed E-state index contributed by atoms with van der Waals surface area (Å²) in [7, 11) is -4.23. The normalized spacial score (nSPS) is 12.4. The lowest BCUT2D eigenvalue weighted by Gasteiger charge is -2.18. The van der Waals surface area contributed by atoms with Crippen LogP contribution >= 0.6 is 0 Å². The summed E-state index contributed by atoms with van der Waals surface area (Å²) >= 11 is 0. The minimum absolute atomic E-state index is 0.0371. The van der Waals surface area contributed by atoms with E-state index in [1.165, 1.54) is 42.5 Å². The number of aromatic hydroxyl groups is 2. The molecule has 2 atom stereocenters. The molecule has 0 aliphatic carbocycles. The molecule has 16 heteroatoms. The molecular formula is C27H27N3O12S. The maximum absolute atomic E-state index is 12.9. The van der Waals surface area contributed by atoms with Gasteiger partial charge in [-0.1, -0.05) is 30.3 Å². The molecule has 3 aromatic carbocycles. The van der Waals surface area contributed by atoms with Crippen molar-refractivity contribution in [3.05, 3.63) is 89.1 Å². The topological polar surface area (TPSA) is 244 Å². The second-order valence-corrected chi connectivity index (χ2v) is 10.9. The molecule has 6 N–H and O–H groups in total. The Labute approximate surface area is 244 Å². The van der Waals surface area contributed by atoms with Crippen molar-refractivity contribution in [3.8, 4) is 23.1 Å². The third-order valence-electron chi connectivity index (χ3n) is 5.69. The van der Waals surface area contributed by atoms with Gasteiger partial charge in [0.15, 0.2) is 0 Å². The molecule has 0 saturated heterocycles. The van der Waals surface area contributed by atoms with Crippen LogP contribution in [-0.2, 0) is 25.8 Å². The molecule has 4 aromatic rings. The van der Waals surface area contributed by atoms with Gasteiger partial charge in [-0.15, -0.1) is 0 Å². The molecule has 0 amide bonds. The summed E-state index contributed by atoms with van der Waals surface area (Å²) < 4.78 is 35.8. The lowest BCUT2D eigenvalue weighted by Crippen LogP contribution is -2.32. The second-order valence-electron chi connectivity index (χ2n) is 9.03. The van der Waals surface area contributed by atoms with Crippen LogP contribution < -0.4 is 15.0 Å². The van der Waals surface area contributed by atoms with E-state index in [9.17, 15) is 28.9 Å². The Hall–Kier alpha value is -5.19. The largest absolute Gasteiger partial charge is 0.508 e. The standard InChI is InChI=1S/C25H25N3O8S.C2H2O4/c1-16(26-15-23(31)18-12-19(29)14-20(30)13-18)11-17-7-9-21(10-8-17)35-24-25(28(32)36-27-24)37(33,34)22-5-3-2-4-6-22;3-1(4)2(5)6/h2-10,12-14,16,23,26,29-31H,11,15H2,1H3;(H,3,4)(H,5,6)/t16-,23-;/m0./s1. The number of hydrogen-bond acceptors (Lipinski definition) is 12. The van der Waals surface area contributed by atoms with Crippen LogP contribution in [0.25, 0.3) is 0 Å². The van der Waals surface area contributed by atoms with Crippen LogP contribution in [0.15, 0.2) is 87.3 Å². The first-order valence-electron chi connectivity index (χ1n) is 12.3. The van der Waals surface area contributed by atoms with E-state index in [-0.39, 0.29) is 39.6 Å². The van der Waals surface area contributed by atoms with Crippen LogP contribution in [-0.4, -0.2) is 63.6 Å². The Morgan fingerprint density at radius 3 is 2.14 bits per heavy atom. The van der Waals surface area contributed by atoms with Gasteiger partial charge in [0.2, 0.25) is 0 Å². The zero-order chi connectivity index (χ0) is 31.7. The predicted molar refractivity (Wildman–Crippen MR) is 145 cm³/mol. The summed E-state index contributed by atoms with van der Waals surface area (Å²) in [6.45, 7) is 2.13. The summed E-state index contributed by atoms with van der Waals surface area (Å²) in [5.74, 6) is -4.14. The molecule has 1 heterocycles. The third-order valence-corrected chi connectivity index (χ3v) is 7.41. The van der Waals surface area contributed by atoms with Crippen molar-refractivity contribution in [1.82, 2.24) is 10.5 Å². The Morgan fingerprint density at radius 1 is 1.00 bits per heavy atom. The molecule has 1 aromatic heterocycles. The van der Waals surface area contributed by atoms with Gasteiger partial charge in [0.1, 0.15) is 17.2 Å². The number of phenolic OH excluding ortho intramolecular Hbond substituents is 2. The van der Waals surface area contributed by atoms with Gasteiger partial charge in [-0.3, -0.25) is 4.63 Å². The fraction of sp³-hybridized carbons (Fsp3) is 0.185. The van der Waals surface area contributed by atoms with Crippen LogP contribution in [0.4, 0.5) is 0 Å². The Balaban J connectivity index is 0.000000765.